The van der Waals surface area contributed by atoms with E-state index in [1.807, 2.05) is 85.2 Å². The first-order valence-electron chi connectivity index (χ1n) is 23.4. The number of rotatable bonds is 12. The average Bonchev–Trinajstić information content (AvgIpc) is 3.36. The van der Waals surface area contributed by atoms with E-state index < -0.39 is 12.2 Å². The molecule has 0 N–H and O–H groups in total. The Hall–Kier alpha value is -5.84. The second-order valence-corrected chi connectivity index (χ2v) is 18.7. The molecule has 1 aliphatic carbocycles. The zero-order valence-electron chi connectivity index (χ0n) is 37.2. The molecule has 7 aliphatic rings. The molecule has 6 fully saturated rings. The molecule has 13 rings (SSSR count). The molecule has 10 atom stereocenters. The molecule has 0 spiro atoms. The van der Waals surface area contributed by atoms with Gasteiger partial charge in [-0.15, -0.1) is 0 Å². The number of hydrogen-bond acceptors (Lipinski definition) is 10. The Morgan fingerprint density at radius 1 is 0.609 bits per heavy atom. The Morgan fingerprint density at radius 3 is 1.45 bits per heavy atom. The summed E-state index contributed by atoms with van der Waals surface area (Å²) in [6, 6.07) is 27.0. The van der Waals surface area contributed by atoms with Gasteiger partial charge in [-0.2, -0.15) is 0 Å². The van der Waals surface area contributed by atoms with Gasteiger partial charge in [-0.05, 0) is 123 Å². The topological polar surface area (TPSA) is 103 Å². The maximum atomic E-state index is 15.1. The monoisotopic (exact) mass is 856 g/mol. The summed E-state index contributed by atoms with van der Waals surface area (Å²) < 4.78 is 26.3. The first-order chi connectivity index (χ1) is 31.3. The maximum absolute atomic E-state index is 15.1. The summed E-state index contributed by atoms with van der Waals surface area (Å²) in [5, 5.41) is 1.88. The van der Waals surface area contributed by atoms with E-state index in [2.05, 4.69) is 23.6 Å². The van der Waals surface area contributed by atoms with Gasteiger partial charge >= 0.3 is 0 Å². The highest BCUT2D eigenvalue weighted by molar-refractivity contribution is 6.30. The lowest BCUT2D eigenvalue weighted by molar-refractivity contribution is -0.0493. The number of ketones is 2. The molecule has 2 unspecified atom stereocenters. The largest absolute Gasteiger partial charge is 0.497 e. The van der Waals surface area contributed by atoms with Gasteiger partial charge in [0.15, 0.2) is 11.6 Å². The highest BCUT2D eigenvalue weighted by atomic mass is 16.5. The molecule has 8 heterocycles. The third kappa shape index (κ3) is 6.83. The van der Waals surface area contributed by atoms with E-state index in [1.165, 1.54) is 0 Å². The molecule has 328 valence electrons. The highest BCUT2D eigenvalue weighted by Crippen LogP contribution is 2.49. The molecule has 10 nitrogen and oxygen atoms in total. The van der Waals surface area contributed by atoms with Crippen LogP contribution in [0.3, 0.4) is 0 Å². The van der Waals surface area contributed by atoms with Gasteiger partial charge in [0, 0.05) is 58.5 Å². The lowest BCUT2D eigenvalue weighted by Gasteiger charge is -2.52. The SMILES string of the molecule is CC[C@@H]1CN2CC[C@H]1C[C@@H]2[C@@H](Oc1ccc(O[C@@H](c2ccnc3ccc(OC)cc23)[C@H]2C[C@@H]3CCN2C[C@H]3CC)c2c1C(=O)c1ccccc1C2=O)c1ccnc2ccc(OC)cc12. The Kier molecular flexibility index (Phi) is 10.6. The zero-order chi connectivity index (χ0) is 43.6. The lowest BCUT2D eigenvalue weighted by Crippen LogP contribution is -2.56. The Balaban J connectivity index is 1.07. The van der Waals surface area contributed by atoms with Gasteiger partial charge in [0.05, 0.1) is 48.5 Å². The van der Waals surface area contributed by atoms with E-state index in [0.717, 1.165) is 109 Å². The summed E-state index contributed by atoms with van der Waals surface area (Å²) in [5.41, 5.74) is 4.87. The summed E-state index contributed by atoms with van der Waals surface area (Å²) in [6.45, 7) is 8.58. The second-order valence-electron chi connectivity index (χ2n) is 18.7. The van der Waals surface area contributed by atoms with Crippen molar-refractivity contribution in [2.24, 2.45) is 23.7 Å². The third-order valence-electron chi connectivity index (χ3n) is 15.7. The number of pyridine rings is 2. The van der Waals surface area contributed by atoms with Crippen LogP contribution in [0, 0.1) is 23.7 Å². The van der Waals surface area contributed by atoms with Gasteiger partial charge in [-0.1, -0.05) is 51.0 Å². The molecule has 64 heavy (non-hydrogen) atoms. The second kappa shape index (κ2) is 16.6. The molecule has 4 bridgehead atoms. The minimum absolute atomic E-state index is 0.0377. The molecule has 0 amide bonds. The van der Waals surface area contributed by atoms with Crippen LogP contribution >= 0.6 is 0 Å². The fourth-order valence-corrected chi connectivity index (χ4v) is 12.3. The van der Waals surface area contributed by atoms with Gasteiger partial charge < -0.3 is 18.9 Å². The van der Waals surface area contributed by atoms with Crippen LogP contribution in [0.25, 0.3) is 21.8 Å². The van der Waals surface area contributed by atoms with Crippen molar-refractivity contribution in [3.05, 3.63) is 131 Å². The van der Waals surface area contributed by atoms with Crippen molar-refractivity contribution in [2.45, 2.75) is 76.7 Å². The fraction of sp³-hybridized carbons (Fsp3) is 0.407. The van der Waals surface area contributed by atoms with Crippen LogP contribution in [0.2, 0.25) is 0 Å². The van der Waals surface area contributed by atoms with Crippen LogP contribution in [-0.4, -0.2) is 83.8 Å². The Bertz CT molecular complexity index is 2600. The summed E-state index contributed by atoms with van der Waals surface area (Å²) in [6.07, 6.45) is 9.30. The number of piperidine rings is 6. The van der Waals surface area contributed by atoms with E-state index in [1.54, 1.807) is 26.4 Å². The quantitative estimate of drug-likeness (QED) is 0.118. The Labute approximate surface area is 374 Å². The maximum Gasteiger partial charge on any atom is 0.198 e. The van der Waals surface area contributed by atoms with Crippen molar-refractivity contribution in [1.29, 1.82) is 0 Å². The molecule has 2 aromatic heterocycles. The minimum atomic E-state index is -0.475. The van der Waals surface area contributed by atoms with E-state index in [4.69, 9.17) is 28.9 Å². The molecule has 6 aromatic rings. The van der Waals surface area contributed by atoms with E-state index in [9.17, 15) is 0 Å². The minimum Gasteiger partial charge on any atom is -0.497 e. The van der Waals surface area contributed by atoms with Crippen LogP contribution in [0.1, 0.15) is 108 Å². The lowest BCUT2D eigenvalue weighted by atomic mass is 9.72. The van der Waals surface area contributed by atoms with Crippen LogP contribution in [0.5, 0.6) is 23.0 Å². The number of nitrogens with zero attached hydrogens (tertiary/aromatic N) is 4. The summed E-state index contributed by atoms with van der Waals surface area (Å²) in [5.74, 6) is 4.15. The normalized spacial score (nSPS) is 26.6. The molecule has 6 aliphatic heterocycles. The molecule has 0 saturated carbocycles. The van der Waals surface area contributed by atoms with Crippen LogP contribution in [-0.2, 0) is 0 Å². The van der Waals surface area contributed by atoms with E-state index >= 15 is 9.59 Å². The fourth-order valence-electron chi connectivity index (χ4n) is 12.3. The summed E-state index contributed by atoms with van der Waals surface area (Å²) in [7, 11) is 3.35. The van der Waals surface area contributed by atoms with Crippen molar-refractivity contribution < 1.29 is 28.5 Å². The molecule has 10 heteroatoms. The van der Waals surface area contributed by atoms with Crippen LogP contribution in [0.4, 0.5) is 0 Å². The zero-order valence-corrected chi connectivity index (χ0v) is 37.2. The van der Waals surface area contributed by atoms with Crippen molar-refractivity contribution >= 4 is 33.4 Å². The van der Waals surface area contributed by atoms with Gasteiger partial charge in [0.2, 0.25) is 0 Å². The van der Waals surface area contributed by atoms with E-state index in [-0.39, 0.29) is 34.8 Å². The molecular formula is C54H56N4O6. The summed E-state index contributed by atoms with van der Waals surface area (Å²) >= 11 is 0. The number of ether oxygens (including phenoxy) is 4. The first kappa shape index (κ1) is 40.9. The van der Waals surface area contributed by atoms with Gasteiger partial charge in [0.25, 0.3) is 0 Å². The first-order valence-corrected chi connectivity index (χ1v) is 23.4. The van der Waals surface area contributed by atoms with Crippen LogP contribution < -0.4 is 18.9 Å². The van der Waals surface area contributed by atoms with Gasteiger partial charge in [-0.3, -0.25) is 29.4 Å². The number of benzene rings is 4. The Morgan fingerprint density at radius 2 is 1.06 bits per heavy atom. The highest BCUT2D eigenvalue weighted by Gasteiger charge is 2.47. The molecule has 0 radical (unpaired) electrons. The third-order valence-corrected chi connectivity index (χ3v) is 15.7. The molecular weight excluding hydrogens is 801 g/mol. The molecule has 6 saturated heterocycles. The van der Waals surface area contributed by atoms with Crippen LogP contribution in [0.15, 0.2) is 97.3 Å². The number of carbonyl (C=O) groups excluding carboxylic acids is 2. The predicted molar refractivity (Wildman–Crippen MR) is 247 cm³/mol. The number of hydrogen-bond donors (Lipinski definition) is 0. The standard InChI is InChI=1S/C54H56N4O6/c1-5-31-29-57-23-19-33(31)25-45(57)53(39-17-21-55-43-13-11-35(61-3)27-41(39)43)63-47-15-16-48(50-49(47)51(59)37-9-7-8-10-38(37)52(50)60)64-54(46-26-34-20-24-58(46)30-32(34)6-2)40-18-22-56-44-14-12-36(62-4)28-42(40)44/h7-18,21-22,27-28,31-34,45-46,53-54H,5-6,19-20,23-26,29-30H2,1-4H3/t31-,32-,33+,34+,45-,46-,53+,54+/m1/s1. The predicted octanol–water partition coefficient (Wildman–Crippen LogP) is 10.1. The number of carbonyl (C=O) groups is 2. The average molecular weight is 857 g/mol. The van der Waals surface area contributed by atoms with E-state index in [0.29, 0.717) is 46.3 Å². The smallest absolute Gasteiger partial charge is 0.198 e. The van der Waals surface area contributed by atoms with Crippen molar-refractivity contribution in [3.63, 3.8) is 0 Å². The number of aromatic nitrogens is 2. The van der Waals surface area contributed by atoms with Crippen molar-refractivity contribution in [1.82, 2.24) is 19.8 Å². The van der Waals surface area contributed by atoms with Gasteiger partial charge in [0.1, 0.15) is 35.2 Å². The van der Waals surface area contributed by atoms with Gasteiger partial charge in [-0.25, -0.2) is 0 Å². The summed E-state index contributed by atoms with van der Waals surface area (Å²) in [4.78, 5) is 45.0. The van der Waals surface area contributed by atoms with Crippen molar-refractivity contribution in [3.8, 4) is 23.0 Å². The van der Waals surface area contributed by atoms with Crippen molar-refractivity contribution in [2.75, 3.05) is 40.4 Å². The number of methoxy groups -OCH3 is 2. The number of fused-ring (bicyclic) bond motifs is 10. The molecule has 4 aromatic carbocycles.